The fourth-order valence-electron chi connectivity index (χ4n) is 2.13. The third-order valence-corrected chi connectivity index (χ3v) is 3.69. The minimum absolute atomic E-state index is 0.0542. The summed E-state index contributed by atoms with van der Waals surface area (Å²) >= 11 is 0. The lowest BCUT2D eigenvalue weighted by molar-refractivity contribution is 0.533. The van der Waals surface area contributed by atoms with Crippen molar-refractivity contribution in [1.29, 1.82) is 0 Å². The van der Waals surface area contributed by atoms with Crippen molar-refractivity contribution in [2.24, 2.45) is 0 Å². The summed E-state index contributed by atoms with van der Waals surface area (Å²) in [6, 6.07) is 2.58. The molecule has 1 unspecified atom stereocenters. The van der Waals surface area contributed by atoms with Gasteiger partial charge in [-0.05, 0) is 40.2 Å². The second-order valence-corrected chi connectivity index (χ2v) is 6.17. The number of anilines is 2. The summed E-state index contributed by atoms with van der Waals surface area (Å²) in [5, 5.41) is 6.87. The van der Waals surface area contributed by atoms with Crippen LogP contribution >= 0.6 is 0 Å². The highest BCUT2D eigenvalue weighted by Gasteiger charge is 2.19. The molecule has 0 bridgehead atoms. The number of rotatable bonds is 4. The molecule has 106 valence electrons. The van der Waals surface area contributed by atoms with Gasteiger partial charge in [-0.15, -0.1) is 0 Å². The van der Waals surface area contributed by atoms with Crippen molar-refractivity contribution in [3.63, 3.8) is 0 Å². The zero-order chi connectivity index (χ0) is 13.9. The Labute approximate surface area is 115 Å². The lowest BCUT2D eigenvalue weighted by Crippen LogP contribution is -2.38. The lowest BCUT2D eigenvalue weighted by atomic mass is 10.1. The number of hydrogen-bond acceptors (Lipinski definition) is 5. The zero-order valence-electron chi connectivity index (χ0n) is 12.4. The molecule has 2 heterocycles. The Hall–Kier alpha value is -1.36. The summed E-state index contributed by atoms with van der Waals surface area (Å²) in [6.07, 6.45) is 4.14. The van der Waals surface area contributed by atoms with E-state index in [-0.39, 0.29) is 5.54 Å². The minimum Gasteiger partial charge on any atom is -0.368 e. The van der Waals surface area contributed by atoms with E-state index in [2.05, 4.69) is 53.3 Å². The van der Waals surface area contributed by atoms with Crippen LogP contribution in [0.3, 0.4) is 0 Å². The molecule has 19 heavy (non-hydrogen) atoms. The molecule has 1 aliphatic rings. The molecular formula is C14H25N5. The molecule has 0 aromatic carbocycles. The van der Waals surface area contributed by atoms with Gasteiger partial charge in [-0.25, -0.2) is 9.97 Å². The van der Waals surface area contributed by atoms with Crippen molar-refractivity contribution < 1.29 is 0 Å². The van der Waals surface area contributed by atoms with E-state index in [9.17, 15) is 0 Å². The highest BCUT2D eigenvalue weighted by molar-refractivity contribution is 5.49. The lowest BCUT2D eigenvalue weighted by Gasteiger charge is -2.33. The molecule has 1 atom stereocenters. The maximum absolute atomic E-state index is 4.34. The van der Waals surface area contributed by atoms with Crippen molar-refractivity contribution in [3.05, 3.63) is 12.4 Å². The standard InChI is InChI=1S/C14H25N5/c1-14(2,3)19(4)13-8-12(17-10-18-13)16-9-11-6-5-7-15-11/h8,10-11,15H,5-7,9H2,1-4H3,(H,16,17,18). The van der Waals surface area contributed by atoms with Crippen molar-refractivity contribution in [2.75, 3.05) is 30.4 Å². The topological polar surface area (TPSA) is 53.1 Å². The van der Waals surface area contributed by atoms with E-state index < -0.39 is 0 Å². The van der Waals surface area contributed by atoms with Crippen LogP contribution < -0.4 is 15.5 Å². The van der Waals surface area contributed by atoms with Crippen LogP contribution in [-0.2, 0) is 0 Å². The first kappa shape index (κ1) is 14.1. The molecule has 0 amide bonds. The van der Waals surface area contributed by atoms with E-state index in [1.165, 1.54) is 12.8 Å². The van der Waals surface area contributed by atoms with Crippen molar-refractivity contribution in [1.82, 2.24) is 15.3 Å². The maximum Gasteiger partial charge on any atom is 0.134 e. The summed E-state index contributed by atoms with van der Waals surface area (Å²) in [7, 11) is 2.06. The Bertz CT molecular complexity index is 407. The number of aromatic nitrogens is 2. The Morgan fingerprint density at radius 1 is 1.42 bits per heavy atom. The number of nitrogens with zero attached hydrogens (tertiary/aromatic N) is 3. The molecular weight excluding hydrogens is 238 g/mol. The number of nitrogens with one attached hydrogen (secondary N) is 2. The Morgan fingerprint density at radius 3 is 2.84 bits per heavy atom. The Kier molecular flexibility index (Phi) is 4.24. The van der Waals surface area contributed by atoms with Crippen LogP contribution in [0.2, 0.25) is 0 Å². The van der Waals surface area contributed by atoms with Crippen LogP contribution in [-0.4, -0.2) is 41.7 Å². The molecule has 5 nitrogen and oxygen atoms in total. The van der Waals surface area contributed by atoms with Crippen LogP contribution in [0, 0.1) is 0 Å². The van der Waals surface area contributed by atoms with E-state index in [0.29, 0.717) is 6.04 Å². The molecule has 1 aliphatic heterocycles. The summed E-state index contributed by atoms with van der Waals surface area (Å²) in [6.45, 7) is 8.57. The van der Waals surface area contributed by atoms with Crippen molar-refractivity contribution in [2.45, 2.75) is 45.2 Å². The molecule has 0 aliphatic carbocycles. The summed E-state index contributed by atoms with van der Waals surface area (Å²) in [5.74, 6) is 1.85. The molecule has 1 fully saturated rings. The van der Waals surface area contributed by atoms with Gasteiger partial charge in [-0.3, -0.25) is 0 Å². The average molecular weight is 263 g/mol. The first-order chi connectivity index (χ1) is 8.97. The third kappa shape index (κ3) is 3.80. The van der Waals surface area contributed by atoms with Crippen LogP contribution in [0.1, 0.15) is 33.6 Å². The van der Waals surface area contributed by atoms with E-state index >= 15 is 0 Å². The molecule has 2 rings (SSSR count). The fraction of sp³-hybridized carbons (Fsp3) is 0.714. The quantitative estimate of drug-likeness (QED) is 0.868. The molecule has 0 radical (unpaired) electrons. The monoisotopic (exact) mass is 263 g/mol. The van der Waals surface area contributed by atoms with Crippen LogP contribution in [0.25, 0.3) is 0 Å². The summed E-state index contributed by atoms with van der Waals surface area (Å²) < 4.78 is 0. The van der Waals surface area contributed by atoms with Gasteiger partial charge in [0.25, 0.3) is 0 Å². The molecule has 5 heteroatoms. The highest BCUT2D eigenvalue weighted by atomic mass is 15.2. The average Bonchev–Trinajstić information content (AvgIpc) is 2.88. The summed E-state index contributed by atoms with van der Waals surface area (Å²) in [5.41, 5.74) is 0.0542. The molecule has 2 N–H and O–H groups in total. The van der Waals surface area contributed by atoms with E-state index in [1.54, 1.807) is 6.33 Å². The van der Waals surface area contributed by atoms with Crippen molar-refractivity contribution in [3.8, 4) is 0 Å². The number of hydrogen-bond donors (Lipinski definition) is 2. The van der Waals surface area contributed by atoms with Gasteiger partial charge in [0.2, 0.25) is 0 Å². The minimum atomic E-state index is 0.0542. The molecule has 0 saturated carbocycles. The molecule has 1 aromatic rings. The molecule has 1 saturated heterocycles. The third-order valence-electron chi connectivity index (χ3n) is 3.69. The van der Waals surface area contributed by atoms with Gasteiger partial charge < -0.3 is 15.5 Å². The van der Waals surface area contributed by atoms with E-state index in [0.717, 1.165) is 24.7 Å². The predicted octanol–water partition coefficient (Wildman–Crippen LogP) is 1.88. The van der Waals surface area contributed by atoms with E-state index in [4.69, 9.17) is 0 Å². The van der Waals surface area contributed by atoms with Gasteiger partial charge in [0.05, 0.1) is 0 Å². The highest BCUT2D eigenvalue weighted by Crippen LogP contribution is 2.21. The van der Waals surface area contributed by atoms with Gasteiger partial charge in [-0.2, -0.15) is 0 Å². The van der Waals surface area contributed by atoms with Crippen LogP contribution in [0.5, 0.6) is 0 Å². The normalized spacial score (nSPS) is 19.5. The maximum atomic E-state index is 4.34. The van der Waals surface area contributed by atoms with Gasteiger partial charge in [0.15, 0.2) is 0 Å². The van der Waals surface area contributed by atoms with Gasteiger partial charge in [0.1, 0.15) is 18.0 Å². The zero-order valence-corrected chi connectivity index (χ0v) is 12.4. The van der Waals surface area contributed by atoms with Crippen LogP contribution in [0.15, 0.2) is 12.4 Å². The second-order valence-electron chi connectivity index (χ2n) is 6.17. The molecule has 1 aromatic heterocycles. The van der Waals surface area contributed by atoms with Gasteiger partial charge >= 0.3 is 0 Å². The summed E-state index contributed by atoms with van der Waals surface area (Å²) in [4.78, 5) is 10.8. The second kappa shape index (κ2) is 5.74. The van der Waals surface area contributed by atoms with Gasteiger partial charge in [-0.1, -0.05) is 0 Å². The first-order valence-corrected chi connectivity index (χ1v) is 7.00. The fourth-order valence-corrected chi connectivity index (χ4v) is 2.13. The predicted molar refractivity (Wildman–Crippen MR) is 79.7 cm³/mol. The van der Waals surface area contributed by atoms with E-state index in [1.807, 2.05) is 6.07 Å². The largest absolute Gasteiger partial charge is 0.368 e. The van der Waals surface area contributed by atoms with Crippen LogP contribution in [0.4, 0.5) is 11.6 Å². The SMILES string of the molecule is CN(c1cc(NCC2CCCN2)ncn1)C(C)(C)C. The Balaban J connectivity index is 1.98. The Morgan fingerprint density at radius 2 is 2.21 bits per heavy atom. The molecule has 0 spiro atoms. The smallest absolute Gasteiger partial charge is 0.134 e. The van der Waals surface area contributed by atoms with Crippen molar-refractivity contribution >= 4 is 11.6 Å². The first-order valence-electron chi connectivity index (χ1n) is 7.00. The van der Waals surface area contributed by atoms with Gasteiger partial charge in [0, 0.05) is 31.2 Å².